The zero-order chi connectivity index (χ0) is 12.4. The van der Waals surface area contributed by atoms with Gasteiger partial charge in [-0.3, -0.25) is 0 Å². The summed E-state index contributed by atoms with van der Waals surface area (Å²) in [6, 6.07) is 4.11. The van der Waals surface area contributed by atoms with Crippen molar-refractivity contribution in [2.24, 2.45) is 0 Å². The van der Waals surface area contributed by atoms with Gasteiger partial charge in [-0.2, -0.15) is 4.98 Å². The number of hydrogen-bond acceptors (Lipinski definition) is 4. The molecule has 0 spiro atoms. The monoisotopic (exact) mass is 272 g/mol. The Labute approximate surface area is 107 Å². The van der Waals surface area contributed by atoms with E-state index in [1.165, 1.54) is 24.4 Å². The van der Waals surface area contributed by atoms with Crippen LogP contribution in [0, 0.1) is 5.82 Å². The molecule has 17 heavy (non-hydrogen) atoms. The summed E-state index contributed by atoms with van der Waals surface area (Å²) in [5.41, 5.74) is 6.05. The Morgan fingerprint density at radius 3 is 2.82 bits per heavy atom. The van der Waals surface area contributed by atoms with E-state index in [0.29, 0.717) is 5.02 Å². The van der Waals surface area contributed by atoms with E-state index in [-0.39, 0.29) is 22.5 Å². The highest BCUT2D eigenvalue weighted by Gasteiger charge is 2.07. The quantitative estimate of drug-likeness (QED) is 0.824. The molecule has 1 heterocycles. The first-order chi connectivity index (χ1) is 8.06. The lowest BCUT2D eigenvalue weighted by Crippen LogP contribution is -2.02. The maximum Gasteiger partial charge on any atom is 0.224 e. The normalized spacial score (nSPS) is 10.3. The molecule has 0 aliphatic heterocycles. The topological polar surface area (TPSA) is 63.8 Å². The van der Waals surface area contributed by atoms with Gasteiger partial charge in [0.15, 0.2) is 5.82 Å². The number of nitrogen functional groups attached to an aromatic ring is 1. The Morgan fingerprint density at radius 1 is 1.29 bits per heavy atom. The minimum Gasteiger partial charge on any atom is -0.394 e. The average Bonchev–Trinajstić information content (AvgIpc) is 2.28. The molecule has 0 atom stereocenters. The predicted octanol–water partition coefficient (Wildman–Crippen LogP) is 3.25. The molecule has 2 rings (SSSR count). The summed E-state index contributed by atoms with van der Waals surface area (Å²) in [5.74, 6) is -0.241. The standard InChI is InChI=1S/C10H7Cl2FN4/c11-5-1-2-6(13)8(3-5)16-9-7(14)4-15-10(12)17-9/h1-4H,14H2,(H,15,16,17). The Kier molecular flexibility index (Phi) is 3.31. The number of hydrogen-bond donors (Lipinski definition) is 2. The van der Waals surface area contributed by atoms with Gasteiger partial charge in [0.1, 0.15) is 5.82 Å². The Morgan fingerprint density at radius 2 is 2.06 bits per heavy atom. The fourth-order valence-corrected chi connectivity index (χ4v) is 1.50. The number of nitrogens with zero attached hydrogens (tertiary/aromatic N) is 2. The number of anilines is 3. The van der Waals surface area contributed by atoms with Gasteiger partial charge in [0.25, 0.3) is 0 Å². The predicted molar refractivity (Wildman–Crippen MR) is 66.1 cm³/mol. The maximum atomic E-state index is 13.4. The lowest BCUT2D eigenvalue weighted by atomic mass is 10.3. The highest BCUT2D eigenvalue weighted by molar-refractivity contribution is 6.30. The fraction of sp³-hybridized carbons (Fsp3) is 0. The van der Waals surface area contributed by atoms with Crippen LogP contribution >= 0.6 is 23.2 Å². The molecule has 0 aliphatic rings. The molecule has 0 unspecified atom stereocenters. The van der Waals surface area contributed by atoms with E-state index in [1.54, 1.807) is 0 Å². The van der Waals surface area contributed by atoms with Gasteiger partial charge in [-0.1, -0.05) is 11.6 Å². The Bertz CT molecular complexity index is 512. The lowest BCUT2D eigenvalue weighted by Gasteiger charge is -2.09. The van der Waals surface area contributed by atoms with Crippen LogP contribution in [0.5, 0.6) is 0 Å². The molecular formula is C10H7Cl2FN4. The molecule has 0 aliphatic carbocycles. The smallest absolute Gasteiger partial charge is 0.224 e. The van der Waals surface area contributed by atoms with Crippen LogP contribution in [0.1, 0.15) is 0 Å². The van der Waals surface area contributed by atoms with Crippen molar-refractivity contribution in [3.8, 4) is 0 Å². The minimum absolute atomic E-state index is 0.0177. The molecule has 0 amide bonds. The van der Waals surface area contributed by atoms with Crippen LogP contribution in [0.25, 0.3) is 0 Å². The number of rotatable bonds is 2. The highest BCUT2D eigenvalue weighted by Crippen LogP contribution is 2.25. The van der Waals surface area contributed by atoms with Gasteiger partial charge in [-0.15, -0.1) is 0 Å². The number of benzene rings is 1. The van der Waals surface area contributed by atoms with E-state index < -0.39 is 5.82 Å². The Balaban J connectivity index is 2.37. The van der Waals surface area contributed by atoms with E-state index >= 15 is 0 Å². The van der Waals surface area contributed by atoms with Gasteiger partial charge in [0, 0.05) is 5.02 Å². The van der Waals surface area contributed by atoms with Crippen molar-refractivity contribution < 1.29 is 4.39 Å². The summed E-state index contributed by atoms with van der Waals surface area (Å²) in [7, 11) is 0. The number of nitrogens with two attached hydrogens (primary N) is 1. The zero-order valence-electron chi connectivity index (χ0n) is 8.42. The molecule has 1 aromatic carbocycles. The highest BCUT2D eigenvalue weighted by atomic mass is 35.5. The number of nitrogens with one attached hydrogen (secondary N) is 1. The van der Waals surface area contributed by atoms with Gasteiger partial charge in [0.2, 0.25) is 5.28 Å². The van der Waals surface area contributed by atoms with Crippen molar-refractivity contribution in [2.75, 3.05) is 11.1 Å². The maximum absolute atomic E-state index is 13.4. The van der Waals surface area contributed by atoms with E-state index in [1.807, 2.05) is 0 Å². The first-order valence-electron chi connectivity index (χ1n) is 4.56. The summed E-state index contributed by atoms with van der Waals surface area (Å²) in [4.78, 5) is 7.54. The third-order valence-corrected chi connectivity index (χ3v) is 2.39. The minimum atomic E-state index is -0.469. The van der Waals surface area contributed by atoms with Crippen LogP contribution in [0.3, 0.4) is 0 Å². The lowest BCUT2D eigenvalue weighted by molar-refractivity contribution is 0.632. The molecule has 0 saturated carbocycles. The second kappa shape index (κ2) is 4.73. The van der Waals surface area contributed by atoms with Gasteiger partial charge >= 0.3 is 0 Å². The molecule has 0 saturated heterocycles. The molecule has 3 N–H and O–H groups in total. The molecule has 0 fully saturated rings. The van der Waals surface area contributed by atoms with Crippen LogP contribution in [0.15, 0.2) is 24.4 Å². The number of aromatic nitrogens is 2. The molecule has 7 heteroatoms. The van der Waals surface area contributed by atoms with E-state index in [4.69, 9.17) is 28.9 Å². The first kappa shape index (κ1) is 11.9. The average molecular weight is 273 g/mol. The fourth-order valence-electron chi connectivity index (χ4n) is 1.19. The van der Waals surface area contributed by atoms with Crippen molar-refractivity contribution in [1.82, 2.24) is 9.97 Å². The summed E-state index contributed by atoms with van der Waals surface area (Å²) in [6.07, 6.45) is 1.33. The molecular weight excluding hydrogens is 266 g/mol. The molecule has 0 bridgehead atoms. The molecule has 0 radical (unpaired) electrons. The van der Waals surface area contributed by atoms with Gasteiger partial charge < -0.3 is 11.1 Å². The third kappa shape index (κ3) is 2.75. The van der Waals surface area contributed by atoms with Crippen molar-refractivity contribution in [3.05, 3.63) is 40.5 Å². The van der Waals surface area contributed by atoms with Crippen molar-refractivity contribution in [1.29, 1.82) is 0 Å². The largest absolute Gasteiger partial charge is 0.394 e. The summed E-state index contributed by atoms with van der Waals surface area (Å²) < 4.78 is 13.4. The van der Waals surface area contributed by atoms with Gasteiger partial charge in [0.05, 0.1) is 17.6 Å². The van der Waals surface area contributed by atoms with Crippen molar-refractivity contribution >= 4 is 40.4 Å². The van der Waals surface area contributed by atoms with Crippen LogP contribution in [0.4, 0.5) is 21.6 Å². The van der Waals surface area contributed by atoms with E-state index in [2.05, 4.69) is 15.3 Å². The summed E-state index contributed by atoms with van der Waals surface area (Å²) in [6.45, 7) is 0. The number of halogens is 3. The molecule has 4 nitrogen and oxygen atoms in total. The summed E-state index contributed by atoms with van der Waals surface area (Å²) >= 11 is 11.4. The zero-order valence-corrected chi connectivity index (χ0v) is 9.93. The second-order valence-electron chi connectivity index (χ2n) is 3.19. The van der Waals surface area contributed by atoms with Crippen LogP contribution in [-0.4, -0.2) is 9.97 Å². The summed E-state index contributed by atoms with van der Waals surface area (Å²) in [5, 5.41) is 3.12. The Hall–Kier alpha value is -1.59. The van der Waals surface area contributed by atoms with Crippen LogP contribution in [0.2, 0.25) is 10.3 Å². The van der Waals surface area contributed by atoms with Gasteiger partial charge in [-0.25, -0.2) is 9.37 Å². The molecule has 2 aromatic rings. The van der Waals surface area contributed by atoms with Gasteiger partial charge in [-0.05, 0) is 29.8 Å². The van der Waals surface area contributed by atoms with Crippen molar-refractivity contribution in [3.63, 3.8) is 0 Å². The second-order valence-corrected chi connectivity index (χ2v) is 3.97. The molecule has 88 valence electrons. The van der Waals surface area contributed by atoms with E-state index in [9.17, 15) is 4.39 Å². The van der Waals surface area contributed by atoms with Crippen molar-refractivity contribution in [2.45, 2.75) is 0 Å². The first-order valence-corrected chi connectivity index (χ1v) is 5.32. The van der Waals surface area contributed by atoms with Crippen LogP contribution < -0.4 is 11.1 Å². The van der Waals surface area contributed by atoms with E-state index in [0.717, 1.165) is 0 Å². The third-order valence-electron chi connectivity index (χ3n) is 1.97. The van der Waals surface area contributed by atoms with Crippen LogP contribution in [-0.2, 0) is 0 Å². The molecule has 1 aromatic heterocycles. The SMILES string of the molecule is Nc1cnc(Cl)nc1Nc1cc(Cl)ccc1F.